The first-order chi connectivity index (χ1) is 10.2. The monoisotopic (exact) mass is 325 g/mol. The van der Waals surface area contributed by atoms with Crippen LogP contribution in [0.15, 0.2) is 29.3 Å². The molecule has 0 bridgehead atoms. The number of guanidine groups is 1. The molecule has 5 nitrogen and oxygen atoms in total. The summed E-state index contributed by atoms with van der Waals surface area (Å²) in [4.78, 5) is 4.21. The summed E-state index contributed by atoms with van der Waals surface area (Å²) < 4.78 is 22.5. The fraction of sp³-hybridized carbons (Fsp3) is 0.562. The molecule has 1 aromatic carbocycles. The molecule has 0 saturated heterocycles. The number of nitrogens with one attached hydrogen (secondary N) is 2. The van der Waals surface area contributed by atoms with Gasteiger partial charge in [-0.3, -0.25) is 4.99 Å². The van der Waals surface area contributed by atoms with Crippen LogP contribution in [0.1, 0.15) is 31.9 Å². The van der Waals surface area contributed by atoms with E-state index in [-0.39, 0.29) is 5.75 Å². The Bertz CT molecular complexity index is 592. The first kappa shape index (κ1) is 18.5. The summed E-state index contributed by atoms with van der Waals surface area (Å²) in [5.74, 6) is 1.37. The number of hydrogen-bond donors (Lipinski definition) is 2. The Kier molecular flexibility index (Phi) is 6.87. The van der Waals surface area contributed by atoms with Crippen molar-refractivity contribution >= 4 is 15.8 Å². The zero-order chi connectivity index (χ0) is 16.8. The fourth-order valence-electron chi connectivity index (χ4n) is 1.82. The van der Waals surface area contributed by atoms with Gasteiger partial charge in [-0.15, -0.1) is 0 Å². The lowest BCUT2D eigenvalue weighted by molar-refractivity contribution is 0.481. The largest absolute Gasteiger partial charge is 0.354 e. The predicted octanol–water partition coefficient (Wildman–Crippen LogP) is 1.94. The minimum absolute atomic E-state index is 0.0792. The van der Waals surface area contributed by atoms with E-state index >= 15 is 0 Å². The topological polar surface area (TPSA) is 70.6 Å². The standard InChI is InChI=1S/C16H27N3O2S/c1-12(2)13(3)19-16(17-4)18-10-14-6-8-15(9-7-14)11-22(5,20)21/h6-9,12-13H,10-11H2,1-5H3,(H2,17,18,19). The Morgan fingerprint density at radius 3 is 2.14 bits per heavy atom. The van der Waals surface area contributed by atoms with E-state index < -0.39 is 9.84 Å². The van der Waals surface area contributed by atoms with Gasteiger partial charge in [-0.1, -0.05) is 38.1 Å². The maximum Gasteiger partial charge on any atom is 0.191 e. The van der Waals surface area contributed by atoms with Gasteiger partial charge in [-0.25, -0.2) is 8.42 Å². The second-order valence-electron chi connectivity index (χ2n) is 5.99. The van der Waals surface area contributed by atoms with Crippen molar-refractivity contribution in [2.24, 2.45) is 10.9 Å². The lowest BCUT2D eigenvalue weighted by Crippen LogP contribution is -2.43. The lowest BCUT2D eigenvalue weighted by Gasteiger charge is -2.20. The minimum atomic E-state index is -2.99. The molecule has 0 aromatic heterocycles. The third-order valence-electron chi connectivity index (χ3n) is 3.50. The summed E-state index contributed by atoms with van der Waals surface area (Å²) in [7, 11) is -1.24. The molecule has 0 aliphatic heterocycles. The maximum absolute atomic E-state index is 11.3. The van der Waals surface area contributed by atoms with Crippen molar-refractivity contribution in [2.45, 2.75) is 39.1 Å². The Hall–Kier alpha value is -1.56. The van der Waals surface area contributed by atoms with Crippen molar-refractivity contribution in [3.63, 3.8) is 0 Å². The van der Waals surface area contributed by atoms with Crippen LogP contribution in [0.25, 0.3) is 0 Å². The van der Waals surface area contributed by atoms with Gasteiger partial charge in [0.15, 0.2) is 15.8 Å². The molecule has 6 heteroatoms. The second kappa shape index (κ2) is 8.17. The molecule has 1 unspecified atom stereocenters. The number of nitrogens with zero attached hydrogens (tertiary/aromatic N) is 1. The van der Waals surface area contributed by atoms with Gasteiger partial charge in [-0.2, -0.15) is 0 Å². The first-order valence-corrected chi connectivity index (χ1v) is 9.50. The van der Waals surface area contributed by atoms with Gasteiger partial charge in [0.2, 0.25) is 0 Å². The Balaban J connectivity index is 2.57. The van der Waals surface area contributed by atoms with Gasteiger partial charge in [-0.05, 0) is 24.0 Å². The zero-order valence-corrected chi connectivity index (χ0v) is 14.9. The molecule has 1 rings (SSSR count). The molecule has 0 spiro atoms. The highest BCUT2D eigenvalue weighted by molar-refractivity contribution is 7.89. The molecule has 1 atom stereocenters. The maximum atomic E-state index is 11.3. The van der Waals surface area contributed by atoms with Crippen LogP contribution < -0.4 is 10.6 Å². The van der Waals surface area contributed by atoms with Crippen LogP contribution in [0.5, 0.6) is 0 Å². The number of benzene rings is 1. The zero-order valence-electron chi connectivity index (χ0n) is 14.1. The van der Waals surface area contributed by atoms with Gasteiger partial charge in [0.1, 0.15) is 0 Å². The predicted molar refractivity (Wildman–Crippen MR) is 92.6 cm³/mol. The number of aliphatic imine (C=N–C) groups is 1. The highest BCUT2D eigenvalue weighted by Crippen LogP contribution is 2.08. The molecule has 1 aromatic rings. The van der Waals surface area contributed by atoms with E-state index in [1.807, 2.05) is 24.3 Å². The number of sulfone groups is 1. The van der Waals surface area contributed by atoms with Crippen molar-refractivity contribution in [2.75, 3.05) is 13.3 Å². The van der Waals surface area contributed by atoms with Gasteiger partial charge in [0.25, 0.3) is 0 Å². The normalized spacial score (nSPS) is 14.0. The molecular weight excluding hydrogens is 298 g/mol. The van der Waals surface area contributed by atoms with Crippen molar-refractivity contribution in [1.29, 1.82) is 0 Å². The van der Waals surface area contributed by atoms with E-state index in [2.05, 4.69) is 36.4 Å². The average Bonchev–Trinajstić information content (AvgIpc) is 2.42. The minimum Gasteiger partial charge on any atom is -0.354 e. The molecular formula is C16H27N3O2S. The molecule has 0 fully saturated rings. The highest BCUT2D eigenvalue weighted by atomic mass is 32.2. The molecule has 22 heavy (non-hydrogen) atoms. The molecule has 0 amide bonds. The van der Waals surface area contributed by atoms with Crippen LogP contribution in [0.4, 0.5) is 0 Å². The molecule has 2 N–H and O–H groups in total. The molecule has 0 aliphatic carbocycles. The summed E-state index contributed by atoms with van der Waals surface area (Å²) in [6.07, 6.45) is 1.24. The van der Waals surface area contributed by atoms with Crippen molar-refractivity contribution < 1.29 is 8.42 Å². The van der Waals surface area contributed by atoms with Crippen molar-refractivity contribution in [3.05, 3.63) is 35.4 Å². The Morgan fingerprint density at radius 1 is 1.14 bits per heavy atom. The molecule has 0 radical (unpaired) electrons. The summed E-state index contributed by atoms with van der Waals surface area (Å²) in [6.45, 7) is 7.08. The third-order valence-corrected chi connectivity index (χ3v) is 4.36. The SMILES string of the molecule is CN=C(NCc1ccc(CS(C)(=O)=O)cc1)NC(C)C(C)C. The summed E-state index contributed by atoms with van der Waals surface area (Å²) >= 11 is 0. The van der Waals surface area contributed by atoms with Crippen LogP contribution in [0.3, 0.4) is 0 Å². The van der Waals surface area contributed by atoms with Crippen molar-refractivity contribution in [1.82, 2.24) is 10.6 Å². The quantitative estimate of drug-likeness (QED) is 0.619. The van der Waals surface area contributed by atoms with Gasteiger partial charge in [0.05, 0.1) is 5.75 Å². The van der Waals surface area contributed by atoms with Crippen LogP contribution in [-0.4, -0.2) is 33.7 Å². The van der Waals surface area contributed by atoms with E-state index in [1.54, 1.807) is 7.05 Å². The van der Waals surface area contributed by atoms with Crippen LogP contribution in [0.2, 0.25) is 0 Å². The Labute approximate surface area is 134 Å². The van der Waals surface area contributed by atoms with Gasteiger partial charge < -0.3 is 10.6 Å². The summed E-state index contributed by atoms with van der Waals surface area (Å²) in [6, 6.07) is 7.92. The molecule has 0 heterocycles. The molecule has 124 valence electrons. The van der Waals surface area contributed by atoms with E-state index in [4.69, 9.17) is 0 Å². The van der Waals surface area contributed by atoms with E-state index in [0.29, 0.717) is 18.5 Å². The smallest absolute Gasteiger partial charge is 0.191 e. The highest BCUT2D eigenvalue weighted by Gasteiger charge is 2.09. The lowest BCUT2D eigenvalue weighted by atomic mass is 10.1. The number of hydrogen-bond acceptors (Lipinski definition) is 3. The van der Waals surface area contributed by atoms with Crippen LogP contribution in [-0.2, 0) is 22.1 Å². The first-order valence-electron chi connectivity index (χ1n) is 7.44. The third kappa shape index (κ3) is 6.93. The van der Waals surface area contributed by atoms with Gasteiger partial charge >= 0.3 is 0 Å². The van der Waals surface area contributed by atoms with Gasteiger partial charge in [0, 0.05) is 25.9 Å². The number of rotatable bonds is 6. The van der Waals surface area contributed by atoms with Crippen LogP contribution >= 0.6 is 0 Å². The van der Waals surface area contributed by atoms with Crippen LogP contribution in [0, 0.1) is 5.92 Å². The van der Waals surface area contributed by atoms with E-state index in [9.17, 15) is 8.42 Å². The average molecular weight is 325 g/mol. The van der Waals surface area contributed by atoms with E-state index in [1.165, 1.54) is 6.26 Å². The fourth-order valence-corrected chi connectivity index (χ4v) is 2.62. The van der Waals surface area contributed by atoms with E-state index in [0.717, 1.165) is 17.1 Å². The Morgan fingerprint density at radius 2 is 1.68 bits per heavy atom. The molecule has 0 saturated carbocycles. The molecule has 0 aliphatic rings. The van der Waals surface area contributed by atoms with Crippen molar-refractivity contribution in [3.8, 4) is 0 Å². The summed E-state index contributed by atoms with van der Waals surface area (Å²) in [5, 5.41) is 6.60. The summed E-state index contributed by atoms with van der Waals surface area (Å²) in [5.41, 5.74) is 1.89. The second-order valence-corrected chi connectivity index (χ2v) is 8.13.